The smallest absolute Gasteiger partial charge is 0.124 e. The highest BCUT2D eigenvalue weighted by atomic mass is 16.5. The minimum absolute atomic E-state index is 0.498. The zero-order chi connectivity index (χ0) is 17.5. The molecule has 2 heterocycles. The number of ether oxygens (including phenoxy) is 2. The van der Waals surface area contributed by atoms with Crippen molar-refractivity contribution in [1.29, 1.82) is 0 Å². The average Bonchev–Trinajstić information content (AvgIpc) is 2.67. The molecule has 0 unspecified atom stereocenters. The van der Waals surface area contributed by atoms with Crippen LogP contribution in [-0.4, -0.2) is 41.7 Å². The summed E-state index contributed by atoms with van der Waals surface area (Å²) in [6, 6.07) is 8.46. The van der Waals surface area contributed by atoms with E-state index in [0.29, 0.717) is 19.1 Å². The number of methoxy groups -OCH3 is 1. The fourth-order valence-electron chi connectivity index (χ4n) is 3.50. The molecule has 0 aliphatic carbocycles. The van der Waals surface area contributed by atoms with E-state index in [2.05, 4.69) is 33.1 Å². The van der Waals surface area contributed by atoms with Gasteiger partial charge in [0.2, 0.25) is 0 Å². The van der Waals surface area contributed by atoms with Crippen molar-refractivity contribution in [2.45, 2.75) is 38.8 Å². The van der Waals surface area contributed by atoms with Crippen molar-refractivity contribution < 1.29 is 9.47 Å². The minimum Gasteiger partial charge on any atom is -0.496 e. The number of hydrogen-bond donors (Lipinski definition) is 0. The Balaban J connectivity index is 1.67. The van der Waals surface area contributed by atoms with E-state index < -0.39 is 0 Å². The third kappa shape index (κ3) is 4.77. The summed E-state index contributed by atoms with van der Waals surface area (Å²) in [6.45, 7) is 6.44. The van der Waals surface area contributed by atoms with Gasteiger partial charge < -0.3 is 9.47 Å². The average molecular weight is 341 g/mol. The fraction of sp³-hybridized carbons (Fsp3) is 0.500. The number of rotatable bonds is 7. The first-order valence-corrected chi connectivity index (χ1v) is 9.02. The maximum absolute atomic E-state index is 5.57. The molecule has 134 valence electrons. The van der Waals surface area contributed by atoms with Crippen molar-refractivity contribution in [3.05, 3.63) is 53.6 Å². The first kappa shape index (κ1) is 17.8. The second-order valence-electron chi connectivity index (χ2n) is 6.49. The first-order valence-electron chi connectivity index (χ1n) is 9.02. The lowest BCUT2D eigenvalue weighted by Crippen LogP contribution is -2.34. The number of hydrogen-bond acceptors (Lipinski definition) is 5. The number of piperidine rings is 1. The normalized spacial score (nSPS) is 18.2. The van der Waals surface area contributed by atoms with Crippen LogP contribution in [0.5, 0.6) is 5.75 Å². The van der Waals surface area contributed by atoms with E-state index in [-0.39, 0.29) is 0 Å². The van der Waals surface area contributed by atoms with Gasteiger partial charge >= 0.3 is 0 Å². The molecule has 3 rings (SSSR count). The Morgan fingerprint density at radius 3 is 2.96 bits per heavy atom. The number of aromatic nitrogens is 2. The van der Waals surface area contributed by atoms with Gasteiger partial charge in [0, 0.05) is 43.1 Å². The number of likely N-dealkylation sites (tertiary alicyclic amines) is 1. The molecule has 0 amide bonds. The van der Waals surface area contributed by atoms with Gasteiger partial charge in [0.25, 0.3) is 0 Å². The van der Waals surface area contributed by atoms with Crippen molar-refractivity contribution in [2.75, 3.05) is 26.8 Å². The van der Waals surface area contributed by atoms with Crippen LogP contribution in [0.3, 0.4) is 0 Å². The molecule has 0 spiro atoms. The van der Waals surface area contributed by atoms with Crippen molar-refractivity contribution in [1.82, 2.24) is 14.9 Å². The lowest BCUT2D eigenvalue weighted by Gasteiger charge is -2.32. The van der Waals surface area contributed by atoms with Crippen LogP contribution in [0.25, 0.3) is 0 Å². The Morgan fingerprint density at radius 2 is 2.20 bits per heavy atom. The monoisotopic (exact) mass is 341 g/mol. The molecule has 2 aromatic rings. The molecular weight excluding hydrogens is 314 g/mol. The van der Waals surface area contributed by atoms with Crippen molar-refractivity contribution in [2.24, 2.45) is 0 Å². The second-order valence-corrected chi connectivity index (χ2v) is 6.49. The summed E-state index contributed by atoms with van der Waals surface area (Å²) in [5.41, 5.74) is 3.58. The Kier molecular flexibility index (Phi) is 6.36. The molecule has 0 saturated carbocycles. The highest BCUT2D eigenvalue weighted by Crippen LogP contribution is 2.27. The molecule has 1 aliphatic heterocycles. The zero-order valence-electron chi connectivity index (χ0n) is 15.1. The van der Waals surface area contributed by atoms with E-state index >= 15 is 0 Å². The quantitative estimate of drug-likeness (QED) is 0.772. The molecule has 5 nitrogen and oxygen atoms in total. The number of nitrogens with zero attached hydrogens (tertiary/aromatic N) is 3. The lowest BCUT2D eigenvalue weighted by atomic mass is 9.94. The molecule has 1 saturated heterocycles. The van der Waals surface area contributed by atoms with Crippen LogP contribution in [0, 0.1) is 0 Å². The third-order valence-electron chi connectivity index (χ3n) is 4.74. The van der Waals surface area contributed by atoms with Gasteiger partial charge in [-0.3, -0.25) is 4.90 Å². The zero-order valence-corrected chi connectivity index (χ0v) is 15.1. The molecule has 0 radical (unpaired) electrons. The van der Waals surface area contributed by atoms with E-state index in [0.717, 1.165) is 36.6 Å². The van der Waals surface area contributed by atoms with E-state index in [9.17, 15) is 0 Å². The molecule has 1 fully saturated rings. The topological polar surface area (TPSA) is 47.5 Å². The van der Waals surface area contributed by atoms with Gasteiger partial charge in [-0.15, -0.1) is 0 Å². The van der Waals surface area contributed by atoms with Crippen LogP contribution < -0.4 is 4.74 Å². The number of benzene rings is 1. The summed E-state index contributed by atoms with van der Waals surface area (Å²) in [6.07, 6.45) is 5.89. The van der Waals surface area contributed by atoms with Gasteiger partial charge in [0.05, 0.1) is 13.7 Å². The fourth-order valence-corrected chi connectivity index (χ4v) is 3.50. The minimum atomic E-state index is 0.498. The third-order valence-corrected chi connectivity index (χ3v) is 4.74. The maximum Gasteiger partial charge on any atom is 0.124 e. The van der Waals surface area contributed by atoms with Gasteiger partial charge in [0.1, 0.15) is 12.1 Å². The summed E-state index contributed by atoms with van der Waals surface area (Å²) in [7, 11) is 1.71. The maximum atomic E-state index is 5.57. The Bertz CT molecular complexity index is 663. The van der Waals surface area contributed by atoms with Crippen LogP contribution in [0.15, 0.2) is 36.8 Å². The van der Waals surface area contributed by atoms with E-state index in [4.69, 9.17) is 9.47 Å². The summed E-state index contributed by atoms with van der Waals surface area (Å²) in [5.74, 6) is 1.40. The predicted molar refractivity (Wildman–Crippen MR) is 97.6 cm³/mol. The largest absolute Gasteiger partial charge is 0.496 e. The molecular formula is C20H27N3O2. The van der Waals surface area contributed by atoms with Crippen LogP contribution in [0.4, 0.5) is 0 Å². The molecule has 1 aromatic carbocycles. The van der Waals surface area contributed by atoms with Crippen LogP contribution >= 0.6 is 0 Å². The highest BCUT2D eigenvalue weighted by molar-refractivity contribution is 5.37. The summed E-state index contributed by atoms with van der Waals surface area (Å²) < 4.78 is 11.0. The lowest BCUT2D eigenvalue weighted by molar-refractivity contribution is 0.131. The molecule has 1 aromatic heterocycles. The van der Waals surface area contributed by atoms with Crippen molar-refractivity contribution in [3.8, 4) is 5.75 Å². The van der Waals surface area contributed by atoms with Crippen LogP contribution in [-0.2, 0) is 17.9 Å². The Morgan fingerprint density at radius 1 is 1.28 bits per heavy atom. The molecule has 25 heavy (non-hydrogen) atoms. The summed E-state index contributed by atoms with van der Waals surface area (Å²) >= 11 is 0. The SMILES string of the molecule is CCOCc1cc(CN2CCC[C@H](c3ccncn3)C2)ccc1OC. The molecule has 0 N–H and O–H groups in total. The Labute approximate surface area is 150 Å². The van der Waals surface area contributed by atoms with Gasteiger partial charge in [0.15, 0.2) is 0 Å². The molecule has 1 atom stereocenters. The van der Waals surface area contributed by atoms with E-state index in [1.165, 1.54) is 18.4 Å². The predicted octanol–water partition coefficient (Wildman–Crippen LogP) is 3.40. The Hall–Kier alpha value is -1.98. The van der Waals surface area contributed by atoms with Crippen LogP contribution in [0.1, 0.15) is 42.5 Å². The van der Waals surface area contributed by atoms with E-state index in [1.807, 2.05) is 19.2 Å². The molecule has 0 bridgehead atoms. The van der Waals surface area contributed by atoms with Gasteiger partial charge in [-0.2, -0.15) is 0 Å². The highest BCUT2D eigenvalue weighted by Gasteiger charge is 2.22. The van der Waals surface area contributed by atoms with Gasteiger partial charge in [-0.1, -0.05) is 6.07 Å². The molecule has 5 heteroatoms. The first-order chi connectivity index (χ1) is 12.3. The van der Waals surface area contributed by atoms with Gasteiger partial charge in [-0.05, 0) is 50.1 Å². The standard InChI is InChI=1S/C20H27N3O2/c1-3-25-14-18-11-16(6-7-20(18)24-2)12-23-10-4-5-17(13-23)19-8-9-21-15-22-19/h6-9,11,15,17H,3-5,10,12-14H2,1-2H3/t17-/m0/s1. The van der Waals surface area contributed by atoms with Crippen molar-refractivity contribution >= 4 is 0 Å². The summed E-state index contributed by atoms with van der Waals surface area (Å²) in [4.78, 5) is 11.0. The molecule has 1 aliphatic rings. The summed E-state index contributed by atoms with van der Waals surface area (Å²) in [5, 5.41) is 0. The van der Waals surface area contributed by atoms with Gasteiger partial charge in [-0.25, -0.2) is 9.97 Å². The van der Waals surface area contributed by atoms with Crippen molar-refractivity contribution in [3.63, 3.8) is 0 Å². The van der Waals surface area contributed by atoms with E-state index in [1.54, 1.807) is 13.4 Å². The van der Waals surface area contributed by atoms with Crippen LogP contribution in [0.2, 0.25) is 0 Å². The second kappa shape index (κ2) is 8.92.